The Balaban J connectivity index is 2.14. The molecule has 0 spiro atoms. The standard InChI is InChI=1S/C10H14NO2PS/c1-2-7-11-14(15)12-8-9-5-3-4-6-10(9)13-14/h3-6H,2,7-8H2,1H3,(H,11,15). The van der Waals surface area contributed by atoms with Gasteiger partial charge in [-0.25, -0.2) is 5.09 Å². The molecule has 1 atom stereocenters. The Hall–Kier alpha value is -0.410. The first-order valence-electron chi connectivity index (χ1n) is 5.01. The highest BCUT2D eigenvalue weighted by Gasteiger charge is 2.26. The molecule has 0 aliphatic carbocycles. The van der Waals surface area contributed by atoms with Crippen LogP contribution >= 0.6 is 6.64 Å². The van der Waals surface area contributed by atoms with Crippen LogP contribution in [0.2, 0.25) is 0 Å². The van der Waals surface area contributed by atoms with Crippen molar-refractivity contribution in [2.45, 2.75) is 20.0 Å². The number of hydrogen-bond acceptors (Lipinski definition) is 3. The Morgan fingerprint density at radius 2 is 2.27 bits per heavy atom. The summed E-state index contributed by atoms with van der Waals surface area (Å²) in [6, 6.07) is 7.85. The molecule has 1 aliphatic heterocycles. The normalized spacial score (nSPS) is 24.3. The van der Waals surface area contributed by atoms with Crippen LogP contribution in [0.4, 0.5) is 0 Å². The van der Waals surface area contributed by atoms with Crippen LogP contribution in [0, 0.1) is 0 Å². The highest BCUT2D eigenvalue weighted by atomic mass is 32.5. The fourth-order valence-electron chi connectivity index (χ4n) is 1.35. The second kappa shape index (κ2) is 4.62. The van der Waals surface area contributed by atoms with E-state index >= 15 is 0 Å². The second-order valence-electron chi connectivity index (χ2n) is 3.38. The molecule has 0 saturated heterocycles. The van der Waals surface area contributed by atoms with Crippen molar-refractivity contribution in [2.24, 2.45) is 0 Å². The van der Waals surface area contributed by atoms with Crippen LogP contribution in [0.5, 0.6) is 5.75 Å². The largest absolute Gasteiger partial charge is 0.432 e. The molecule has 0 aromatic heterocycles. The number of nitrogens with one attached hydrogen (secondary N) is 1. The number of para-hydroxylation sites is 1. The van der Waals surface area contributed by atoms with Gasteiger partial charge in [-0.15, -0.1) is 0 Å². The van der Waals surface area contributed by atoms with Crippen LogP contribution in [0.3, 0.4) is 0 Å². The van der Waals surface area contributed by atoms with Gasteiger partial charge in [-0.2, -0.15) is 0 Å². The van der Waals surface area contributed by atoms with Gasteiger partial charge in [0.05, 0.1) is 6.61 Å². The summed E-state index contributed by atoms with van der Waals surface area (Å²) in [6.07, 6.45) is 1.02. The summed E-state index contributed by atoms with van der Waals surface area (Å²) < 4.78 is 11.3. The van der Waals surface area contributed by atoms with Crippen molar-refractivity contribution < 1.29 is 9.05 Å². The van der Waals surface area contributed by atoms with E-state index in [2.05, 4.69) is 12.0 Å². The Bertz CT molecular complexity index is 397. The van der Waals surface area contributed by atoms with E-state index in [9.17, 15) is 0 Å². The minimum atomic E-state index is -2.28. The molecule has 2 rings (SSSR count). The maximum Gasteiger partial charge on any atom is 0.313 e. The first-order chi connectivity index (χ1) is 7.23. The van der Waals surface area contributed by atoms with Crippen molar-refractivity contribution in [2.75, 3.05) is 6.54 Å². The molecular formula is C10H14NO2PS. The van der Waals surface area contributed by atoms with Crippen molar-refractivity contribution >= 4 is 18.4 Å². The Kier molecular flexibility index (Phi) is 3.42. The van der Waals surface area contributed by atoms with Gasteiger partial charge in [-0.3, -0.25) is 0 Å². The van der Waals surface area contributed by atoms with Crippen molar-refractivity contribution in [3.05, 3.63) is 29.8 Å². The summed E-state index contributed by atoms with van der Waals surface area (Å²) in [5, 5.41) is 3.17. The smallest absolute Gasteiger partial charge is 0.313 e. The molecule has 0 bridgehead atoms. The lowest BCUT2D eigenvalue weighted by molar-refractivity contribution is 0.267. The molecule has 1 aromatic carbocycles. The van der Waals surface area contributed by atoms with Crippen LogP contribution in [-0.4, -0.2) is 6.54 Å². The van der Waals surface area contributed by atoms with E-state index in [1.165, 1.54) is 0 Å². The number of benzene rings is 1. The predicted molar refractivity (Wildman–Crippen MR) is 64.4 cm³/mol. The lowest BCUT2D eigenvalue weighted by Gasteiger charge is -2.29. The van der Waals surface area contributed by atoms with E-state index in [0.29, 0.717) is 6.61 Å². The molecule has 1 aromatic rings. The van der Waals surface area contributed by atoms with Crippen LogP contribution in [0.1, 0.15) is 18.9 Å². The van der Waals surface area contributed by atoms with E-state index in [-0.39, 0.29) is 0 Å². The van der Waals surface area contributed by atoms with E-state index in [4.69, 9.17) is 20.9 Å². The molecule has 5 heteroatoms. The summed E-state index contributed by atoms with van der Waals surface area (Å²) in [4.78, 5) is 0. The fraction of sp³-hybridized carbons (Fsp3) is 0.400. The minimum absolute atomic E-state index is 0.546. The molecule has 0 radical (unpaired) electrons. The zero-order chi connectivity index (χ0) is 10.7. The molecule has 1 unspecified atom stereocenters. The lowest BCUT2D eigenvalue weighted by atomic mass is 10.2. The molecule has 0 amide bonds. The number of fused-ring (bicyclic) bond motifs is 1. The summed E-state index contributed by atoms with van der Waals surface area (Å²) in [7, 11) is 0. The summed E-state index contributed by atoms with van der Waals surface area (Å²) in [5.41, 5.74) is 1.07. The van der Waals surface area contributed by atoms with Gasteiger partial charge in [0.1, 0.15) is 5.75 Å². The minimum Gasteiger partial charge on any atom is -0.432 e. The van der Waals surface area contributed by atoms with Gasteiger partial charge in [-0.1, -0.05) is 25.1 Å². The van der Waals surface area contributed by atoms with E-state index in [1.54, 1.807) is 0 Å². The van der Waals surface area contributed by atoms with E-state index in [0.717, 1.165) is 24.3 Å². The van der Waals surface area contributed by atoms with Crippen molar-refractivity contribution in [3.8, 4) is 5.75 Å². The molecule has 0 saturated carbocycles. The summed E-state index contributed by atoms with van der Waals surface area (Å²) in [5.74, 6) is 0.857. The Morgan fingerprint density at radius 1 is 1.47 bits per heavy atom. The van der Waals surface area contributed by atoms with Gasteiger partial charge in [0.25, 0.3) is 0 Å². The lowest BCUT2D eigenvalue weighted by Crippen LogP contribution is -2.20. The third kappa shape index (κ3) is 2.58. The highest BCUT2D eigenvalue weighted by molar-refractivity contribution is 8.09. The summed E-state index contributed by atoms with van der Waals surface area (Å²) >= 11 is 5.35. The summed E-state index contributed by atoms with van der Waals surface area (Å²) in [6.45, 7) is 1.19. The maximum absolute atomic E-state index is 5.71. The van der Waals surface area contributed by atoms with Gasteiger partial charge in [0.15, 0.2) is 0 Å². The van der Waals surface area contributed by atoms with Crippen molar-refractivity contribution in [3.63, 3.8) is 0 Å². The fourth-order valence-corrected chi connectivity index (χ4v) is 3.47. The third-order valence-electron chi connectivity index (χ3n) is 2.14. The number of rotatable bonds is 3. The van der Waals surface area contributed by atoms with Crippen LogP contribution in [0.25, 0.3) is 0 Å². The zero-order valence-corrected chi connectivity index (χ0v) is 10.3. The molecule has 1 heterocycles. The maximum atomic E-state index is 5.71. The van der Waals surface area contributed by atoms with Crippen LogP contribution in [-0.2, 0) is 22.9 Å². The third-order valence-corrected chi connectivity index (χ3v) is 4.58. The average Bonchev–Trinajstić information content (AvgIpc) is 2.26. The molecular weight excluding hydrogens is 229 g/mol. The predicted octanol–water partition coefficient (Wildman–Crippen LogP) is 2.82. The quantitative estimate of drug-likeness (QED) is 0.827. The van der Waals surface area contributed by atoms with Gasteiger partial charge in [0, 0.05) is 12.1 Å². The van der Waals surface area contributed by atoms with Gasteiger partial charge >= 0.3 is 6.64 Å². The first-order valence-corrected chi connectivity index (χ1v) is 7.64. The van der Waals surface area contributed by atoms with Crippen LogP contribution < -0.4 is 9.61 Å². The van der Waals surface area contributed by atoms with Gasteiger partial charge in [-0.05, 0) is 24.3 Å². The average molecular weight is 243 g/mol. The van der Waals surface area contributed by atoms with Crippen molar-refractivity contribution in [1.82, 2.24) is 5.09 Å². The van der Waals surface area contributed by atoms with E-state index in [1.807, 2.05) is 24.3 Å². The second-order valence-corrected chi connectivity index (χ2v) is 6.57. The van der Waals surface area contributed by atoms with E-state index < -0.39 is 6.64 Å². The van der Waals surface area contributed by atoms with Gasteiger partial charge in [0.2, 0.25) is 0 Å². The first kappa shape index (κ1) is 11.1. The van der Waals surface area contributed by atoms with Gasteiger partial charge < -0.3 is 9.05 Å². The van der Waals surface area contributed by atoms with Crippen LogP contribution in [0.15, 0.2) is 24.3 Å². The molecule has 82 valence electrons. The molecule has 15 heavy (non-hydrogen) atoms. The molecule has 1 N–H and O–H groups in total. The Morgan fingerprint density at radius 3 is 3.07 bits per heavy atom. The number of hydrogen-bond donors (Lipinski definition) is 1. The highest BCUT2D eigenvalue weighted by Crippen LogP contribution is 2.50. The molecule has 1 aliphatic rings. The van der Waals surface area contributed by atoms with Crippen molar-refractivity contribution in [1.29, 1.82) is 0 Å². The molecule has 3 nitrogen and oxygen atoms in total. The SMILES string of the molecule is CCCNP1(=S)OCc2ccccc2O1. The zero-order valence-electron chi connectivity index (χ0n) is 8.60. The Labute approximate surface area is 95.0 Å². The molecule has 0 fully saturated rings. The monoisotopic (exact) mass is 243 g/mol. The topological polar surface area (TPSA) is 30.5 Å².